The molecule has 6 heteroatoms. The van der Waals surface area contributed by atoms with E-state index in [1.165, 1.54) is 0 Å². The molecular weight excluding hydrogens is 274 g/mol. The van der Waals surface area contributed by atoms with Crippen LogP contribution in [0.3, 0.4) is 0 Å². The maximum Gasteiger partial charge on any atom is 0.497 e. The Balaban J connectivity index is 2.23. The number of halogens is 1. The number of pyridine rings is 1. The molecule has 0 radical (unpaired) electrons. The van der Waals surface area contributed by atoms with E-state index < -0.39 is 7.12 Å². The maximum atomic E-state index is 6.34. The van der Waals surface area contributed by atoms with Gasteiger partial charge in [-0.05, 0) is 47.6 Å². The second-order valence-electron chi connectivity index (χ2n) is 6.48. The van der Waals surface area contributed by atoms with Gasteiger partial charge in [-0.1, -0.05) is 11.6 Å². The maximum absolute atomic E-state index is 6.34. The molecule has 1 aliphatic rings. The van der Waals surface area contributed by atoms with Crippen LogP contribution in [0.5, 0.6) is 0 Å². The van der Waals surface area contributed by atoms with Crippen molar-refractivity contribution < 1.29 is 9.31 Å². The summed E-state index contributed by atoms with van der Waals surface area (Å²) in [7, 11) is -0.479. The molecule has 0 atom stereocenters. The SMILES string of the molecule is CC(C)Nc1cc(Cl)c(B2OC(C)(C)C(C)(C)O2)cn1. The number of aromatic nitrogens is 1. The minimum Gasteiger partial charge on any atom is -0.399 e. The third-order valence-electron chi connectivity index (χ3n) is 3.83. The summed E-state index contributed by atoms with van der Waals surface area (Å²) in [6.07, 6.45) is 1.72. The molecule has 1 aromatic rings. The summed E-state index contributed by atoms with van der Waals surface area (Å²) in [5, 5.41) is 3.82. The predicted molar refractivity (Wildman–Crippen MR) is 83.7 cm³/mol. The van der Waals surface area contributed by atoms with E-state index in [-0.39, 0.29) is 11.2 Å². The highest BCUT2D eigenvalue weighted by Crippen LogP contribution is 2.37. The molecule has 0 saturated carbocycles. The van der Waals surface area contributed by atoms with Gasteiger partial charge in [-0.25, -0.2) is 4.98 Å². The number of hydrogen-bond acceptors (Lipinski definition) is 4. The van der Waals surface area contributed by atoms with Crippen LogP contribution in [0.1, 0.15) is 41.5 Å². The molecule has 0 amide bonds. The lowest BCUT2D eigenvalue weighted by molar-refractivity contribution is 0.00578. The molecule has 0 bridgehead atoms. The van der Waals surface area contributed by atoms with Crippen molar-refractivity contribution in [3.05, 3.63) is 17.3 Å². The zero-order chi connectivity index (χ0) is 15.1. The molecule has 2 heterocycles. The van der Waals surface area contributed by atoms with Gasteiger partial charge in [0, 0.05) is 22.7 Å². The van der Waals surface area contributed by atoms with Gasteiger partial charge in [0.2, 0.25) is 0 Å². The summed E-state index contributed by atoms with van der Waals surface area (Å²) < 4.78 is 12.0. The molecule has 1 N–H and O–H groups in total. The van der Waals surface area contributed by atoms with E-state index in [0.29, 0.717) is 11.1 Å². The summed E-state index contributed by atoms with van der Waals surface area (Å²) in [4.78, 5) is 4.36. The largest absolute Gasteiger partial charge is 0.497 e. The smallest absolute Gasteiger partial charge is 0.399 e. The minimum absolute atomic E-state index is 0.307. The van der Waals surface area contributed by atoms with Gasteiger partial charge in [-0.2, -0.15) is 0 Å². The van der Waals surface area contributed by atoms with Crippen LogP contribution in [0.4, 0.5) is 5.82 Å². The average Bonchev–Trinajstić information content (AvgIpc) is 2.46. The van der Waals surface area contributed by atoms with Crippen LogP contribution in [-0.2, 0) is 9.31 Å². The second-order valence-corrected chi connectivity index (χ2v) is 6.89. The fourth-order valence-corrected chi connectivity index (χ4v) is 2.20. The topological polar surface area (TPSA) is 43.4 Å². The van der Waals surface area contributed by atoms with Crippen molar-refractivity contribution in [2.75, 3.05) is 5.32 Å². The molecule has 4 nitrogen and oxygen atoms in total. The standard InChI is InChI=1S/C14H22BClN2O2/c1-9(2)18-12-7-11(16)10(8-17-12)15-19-13(3,4)14(5,6)20-15/h7-9H,1-6H3,(H,17,18). The Hall–Kier alpha value is -0.775. The Morgan fingerprint density at radius 3 is 2.20 bits per heavy atom. The van der Waals surface area contributed by atoms with E-state index in [4.69, 9.17) is 20.9 Å². The lowest BCUT2D eigenvalue weighted by Gasteiger charge is -2.32. The molecule has 110 valence electrons. The van der Waals surface area contributed by atoms with Gasteiger partial charge in [0.25, 0.3) is 0 Å². The zero-order valence-corrected chi connectivity index (χ0v) is 13.7. The highest BCUT2D eigenvalue weighted by Gasteiger charge is 2.52. The van der Waals surface area contributed by atoms with E-state index in [1.54, 1.807) is 6.20 Å². The lowest BCUT2D eigenvalue weighted by Crippen LogP contribution is -2.41. The monoisotopic (exact) mass is 296 g/mol. The first-order valence-corrected chi connectivity index (χ1v) is 7.28. The molecule has 0 unspecified atom stereocenters. The van der Waals surface area contributed by atoms with Crippen LogP contribution in [0.15, 0.2) is 12.3 Å². The third kappa shape index (κ3) is 2.95. The molecule has 2 rings (SSSR count). The first-order valence-electron chi connectivity index (χ1n) is 6.90. The molecule has 1 aromatic heterocycles. The summed E-state index contributed by atoms with van der Waals surface area (Å²) in [6.45, 7) is 12.2. The van der Waals surface area contributed by atoms with Crippen molar-refractivity contribution in [1.29, 1.82) is 0 Å². The normalized spacial score (nSPS) is 20.5. The first kappa shape index (κ1) is 15.6. The third-order valence-corrected chi connectivity index (χ3v) is 4.15. The summed E-state index contributed by atoms with van der Waals surface area (Å²) in [5.41, 5.74) is 0.00530. The van der Waals surface area contributed by atoms with Crippen molar-refractivity contribution in [1.82, 2.24) is 4.98 Å². The zero-order valence-electron chi connectivity index (χ0n) is 13.0. The molecule has 1 fully saturated rings. The highest BCUT2D eigenvalue weighted by molar-refractivity contribution is 6.65. The van der Waals surface area contributed by atoms with Gasteiger partial charge in [0.1, 0.15) is 5.82 Å². The van der Waals surface area contributed by atoms with Crippen molar-refractivity contribution >= 4 is 30.0 Å². The fourth-order valence-electron chi connectivity index (χ4n) is 1.96. The van der Waals surface area contributed by atoms with E-state index in [2.05, 4.69) is 24.1 Å². The van der Waals surface area contributed by atoms with Gasteiger partial charge in [0.05, 0.1) is 11.2 Å². The second kappa shape index (κ2) is 5.21. The van der Waals surface area contributed by atoms with E-state index in [9.17, 15) is 0 Å². The van der Waals surface area contributed by atoms with E-state index in [0.717, 1.165) is 11.3 Å². The predicted octanol–water partition coefficient (Wildman–Crippen LogP) is 2.85. The highest BCUT2D eigenvalue weighted by atomic mass is 35.5. The number of hydrogen-bond donors (Lipinski definition) is 1. The average molecular weight is 297 g/mol. The Morgan fingerprint density at radius 2 is 1.75 bits per heavy atom. The van der Waals surface area contributed by atoms with Crippen LogP contribution in [0.2, 0.25) is 5.02 Å². The van der Waals surface area contributed by atoms with Crippen molar-refractivity contribution in [3.8, 4) is 0 Å². The number of anilines is 1. The quantitative estimate of drug-likeness (QED) is 0.871. The molecule has 1 aliphatic heterocycles. The van der Waals surface area contributed by atoms with Gasteiger partial charge in [-0.15, -0.1) is 0 Å². The molecule has 0 spiro atoms. The van der Waals surface area contributed by atoms with Crippen molar-refractivity contribution in [2.45, 2.75) is 58.8 Å². The van der Waals surface area contributed by atoms with Crippen molar-refractivity contribution in [3.63, 3.8) is 0 Å². The minimum atomic E-state index is -0.479. The summed E-state index contributed by atoms with van der Waals surface area (Å²) in [5.74, 6) is 0.755. The molecule has 20 heavy (non-hydrogen) atoms. The Labute approximate surface area is 126 Å². The molecule has 0 aromatic carbocycles. The van der Waals surface area contributed by atoms with Crippen LogP contribution in [-0.4, -0.2) is 29.3 Å². The van der Waals surface area contributed by atoms with Crippen LogP contribution in [0.25, 0.3) is 0 Å². The number of nitrogens with one attached hydrogen (secondary N) is 1. The van der Waals surface area contributed by atoms with Crippen LogP contribution >= 0.6 is 11.6 Å². The van der Waals surface area contributed by atoms with Gasteiger partial charge in [0.15, 0.2) is 0 Å². The Bertz CT molecular complexity index is 490. The lowest BCUT2D eigenvalue weighted by atomic mass is 9.80. The van der Waals surface area contributed by atoms with Crippen molar-refractivity contribution in [2.24, 2.45) is 0 Å². The van der Waals surface area contributed by atoms with E-state index >= 15 is 0 Å². The molecule has 0 aliphatic carbocycles. The first-order chi connectivity index (χ1) is 9.12. The molecule has 1 saturated heterocycles. The van der Waals surface area contributed by atoms with E-state index in [1.807, 2.05) is 33.8 Å². The molecular formula is C14H22BClN2O2. The summed E-state index contributed by atoms with van der Waals surface area (Å²) in [6, 6.07) is 2.11. The fraction of sp³-hybridized carbons (Fsp3) is 0.643. The Kier molecular flexibility index (Phi) is 4.06. The summed E-state index contributed by atoms with van der Waals surface area (Å²) >= 11 is 6.34. The van der Waals surface area contributed by atoms with Crippen LogP contribution in [0, 0.1) is 0 Å². The Morgan fingerprint density at radius 1 is 1.20 bits per heavy atom. The van der Waals surface area contributed by atoms with Gasteiger partial charge < -0.3 is 14.6 Å². The van der Waals surface area contributed by atoms with Gasteiger partial charge >= 0.3 is 7.12 Å². The van der Waals surface area contributed by atoms with Gasteiger partial charge in [-0.3, -0.25) is 0 Å². The van der Waals surface area contributed by atoms with Crippen LogP contribution < -0.4 is 10.8 Å². The number of nitrogens with zero attached hydrogens (tertiary/aromatic N) is 1. The number of rotatable bonds is 3.